The summed E-state index contributed by atoms with van der Waals surface area (Å²) in [6.45, 7) is 3.85. The molecule has 1 aromatic rings. The summed E-state index contributed by atoms with van der Waals surface area (Å²) >= 11 is 1.94. The Kier molecular flexibility index (Phi) is 4.34. The zero-order valence-corrected chi connectivity index (χ0v) is 12.4. The molecule has 0 atom stereocenters. The first-order valence-corrected chi connectivity index (χ1v) is 7.71. The van der Waals surface area contributed by atoms with Crippen LogP contribution in [0.15, 0.2) is 0 Å². The first kappa shape index (κ1) is 14.2. The quantitative estimate of drug-likeness (QED) is 0.680. The van der Waals surface area contributed by atoms with Crippen molar-refractivity contribution in [1.29, 1.82) is 0 Å². The van der Waals surface area contributed by atoms with Crippen LogP contribution in [0, 0.1) is 10.1 Å². The van der Waals surface area contributed by atoms with Crippen molar-refractivity contribution >= 4 is 23.3 Å². The highest BCUT2D eigenvalue weighted by Gasteiger charge is 2.30. The van der Waals surface area contributed by atoms with E-state index in [2.05, 4.69) is 10.4 Å². The Morgan fingerprint density at radius 1 is 1.47 bits per heavy atom. The van der Waals surface area contributed by atoms with E-state index in [0.717, 1.165) is 24.3 Å². The number of nitrogens with one attached hydrogen (secondary N) is 1. The Morgan fingerprint density at radius 3 is 2.63 bits per heavy atom. The number of thioether (sulfide) groups is 1. The van der Waals surface area contributed by atoms with Crippen LogP contribution < -0.4 is 5.32 Å². The van der Waals surface area contributed by atoms with Gasteiger partial charge < -0.3 is 5.32 Å². The fourth-order valence-corrected chi connectivity index (χ4v) is 3.41. The van der Waals surface area contributed by atoms with Crippen molar-refractivity contribution in [3.05, 3.63) is 15.8 Å². The van der Waals surface area contributed by atoms with Gasteiger partial charge in [-0.25, -0.2) is 4.68 Å². The van der Waals surface area contributed by atoms with Crippen LogP contribution in [0.2, 0.25) is 0 Å². The number of nitro groups is 1. The van der Waals surface area contributed by atoms with Crippen LogP contribution in [-0.2, 0) is 7.05 Å². The van der Waals surface area contributed by atoms with E-state index >= 15 is 0 Å². The maximum atomic E-state index is 11.3. The molecule has 106 valence electrons. The molecular weight excluding hydrogens is 264 g/mol. The lowest BCUT2D eigenvalue weighted by molar-refractivity contribution is -0.384. The molecule has 6 nitrogen and oxygen atoms in total. The van der Waals surface area contributed by atoms with Crippen molar-refractivity contribution in [2.45, 2.75) is 38.6 Å². The number of hydrogen-bond donors (Lipinski definition) is 1. The fourth-order valence-electron chi connectivity index (χ4n) is 2.30. The first-order valence-electron chi connectivity index (χ1n) is 6.56. The van der Waals surface area contributed by atoms with Crippen LogP contribution >= 0.6 is 11.8 Å². The molecule has 1 fully saturated rings. The minimum Gasteiger partial charge on any atom is -0.362 e. The van der Waals surface area contributed by atoms with Crippen LogP contribution in [0.25, 0.3) is 0 Å². The van der Waals surface area contributed by atoms with E-state index in [4.69, 9.17) is 0 Å². The molecule has 7 heteroatoms. The smallest absolute Gasteiger partial charge is 0.334 e. The van der Waals surface area contributed by atoms with Crippen molar-refractivity contribution in [3.63, 3.8) is 0 Å². The second kappa shape index (κ2) is 5.81. The molecule has 2 rings (SSSR count). The summed E-state index contributed by atoms with van der Waals surface area (Å²) in [5.74, 6) is 2.82. The van der Waals surface area contributed by atoms with Gasteiger partial charge in [-0.3, -0.25) is 10.1 Å². The van der Waals surface area contributed by atoms with Crippen LogP contribution in [0.1, 0.15) is 38.3 Å². The van der Waals surface area contributed by atoms with Crippen molar-refractivity contribution in [3.8, 4) is 0 Å². The Morgan fingerprint density at radius 2 is 2.11 bits per heavy atom. The third kappa shape index (κ3) is 3.02. The maximum Gasteiger partial charge on any atom is 0.334 e. The van der Waals surface area contributed by atoms with Gasteiger partial charge in [0.05, 0.1) is 4.92 Å². The molecule has 0 aliphatic carbocycles. The summed E-state index contributed by atoms with van der Waals surface area (Å²) in [5, 5.41) is 18.9. The summed E-state index contributed by atoms with van der Waals surface area (Å²) in [6, 6.07) is 0.315. The van der Waals surface area contributed by atoms with E-state index in [-0.39, 0.29) is 16.5 Å². The Bertz CT molecular complexity index is 467. The van der Waals surface area contributed by atoms with E-state index in [1.54, 1.807) is 11.7 Å². The van der Waals surface area contributed by atoms with Crippen molar-refractivity contribution in [2.75, 3.05) is 16.8 Å². The monoisotopic (exact) mass is 284 g/mol. The molecule has 0 spiro atoms. The van der Waals surface area contributed by atoms with Gasteiger partial charge in [0.2, 0.25) is 5.82 Å². The van der Waals surface area contributed by atoms with Crippen molar-refractivity contribution < 1.29 is 4.92 Å². The van der Waals surface area contributed by atoms with E-state index < -0.39 is 0 Å². The van der Waals surface area contributed by atoms with Crippen LogP contribution in [0.5, 0.6) is 0 Å². The standard InChI is InChI=1S/C12H20N4O2S/c1-8(2)10-11(16(17)18)12(15(3)14-10)13-9-4-6-19-7-5-9/h8-9,13H,4-7H2,1-3H3. The van der Waals surface area contributed by atoms with Crippen LogP contribution in [-0.4, -0.2) is 32.3 Å². The number of rotatable bonds is 4. The number of aryl methyl sites for hydroxylation is 1. The van der Waals surface area contributed by atoms with Crippen molar-refractivity contribution in [2.24, 2.45) is 7.05 Å². The van der Waals surface area contributed by atoms with E-state index in [9.17, 15) is 10.1 Å². The van der Waals surface area contributed by atoms with E-state index in [0.29, 0.717) is 17.6 Å². The second-order valence-corrected chi connectivity index (χ2v) is 6.37. The zero-order chi connectivity index (χ0) is 14.0. The molecule has 1 aliphatic rings. The molecule has 0 amide bonds. The van der Waals surface area contributed by atoms with Crippen LogP contribution in [0.3, 0.4) is 0 Å². The first-order chi connectivity index (χ1) is 9.00. The highest BCUT2D eigenvalue weighted by molar-refractivity contribution is 7.99. The third-order valence-electron chi connectivity index (χ3n) is 3.34. The summed E-state index contributed by atoms with van der Waals surface area (Å²) < 4.78 is 1.61. The molecule has 0 radical (unpaired) electrons. The van der Waals surface area contributed by atoms with Gasteiger partial charge in [-0.05, 0) is 24.3 Å². The van der Waals surface area contributed by atoms with Crippen LogP contribution in [0.4, 0.5) is 11.5 Å². The number of anilines is 1. The Hall–Kier alpha value is -1.24. The molecule has 19 heavy (non-hydrogen) atoms. The lowest BCUT2D eigenvalue weighted by atomic mass is 10.1. The average molecular weight is 284 g/mol. The molecular formula is C12H20N4O2S. The minimum absolute atomic E-state index is 0.0454. The Labute approximate surface area is 117 Å². The number of hydrogen-bond acceptors (Lipinski definition) is 5. The maximum absolute atomic E-state index is 11.3. The van der Waals surface area contributed by atoms with E-state index in [1.165, 1.54) is 0 Å². The number of nitrogens with zero attached hydrogens (tertiary/aromatic N) is 3. The highest BCUT2D eigenvalue weighted by atomic mass is 32.2. The average Bonchev–Trinajstić information content (AvgIpc) is 2.68. The summed E-state index contributed by atoms with van der Waals surface area (Å²) in [6.07, 6.45) is 2.09. The molecule has 1 saturated heterocycles. The predicted octanol–water partition coefficient (Wildman–Crippen LogP) is 2.76. The van der Waals surface area contributed by atoms with Gasteiger partial charge in [-0.2, -0.15) is 16.9 Å². The van der Waals surface area contributed by atoms with E-state index in [1.807, 2.05) is 25.6 Å². The molecule has 0 bridgehead atoms. The summed E-state index contributed by atoms with van der Waals surface area (Å²) in [4.78, 5) is 11.0. The summed E-state index contributed by atoms with van der Waals surface area (Å²) in [7, 11) is 1.76. The molecule has 0 aromatic carbocycles. The van der Waals surface area contributed by atoms with Gasteiger partial charge in [0.15, 0.2) is 0 Å². The highest BCUT2D eigenvalue weighted by Crippen LogP contribution is 2.34. The third-order valence-corrected chi connectivity index (χ3v) is 4.39. The molecule has 0 unspecified atom stereocenters. The normalized spacial score (nSPS) is 16.8. The molecule has 1 N–H and O–H groups in total. The van der Waals surface area contributed by atoms with Gasteiger partial charge in [-0.15, -0.1) is 0 Å². The fraction of sp³-hybridized carbons (Fsp3) is 0.750. The second-order valence-electron chi connectivity index (χ2n) is 5.15. The largest absolute Gasteiger partial charge is 0.362 e. The molecule has 0 saturated carbocycles. The van der Waals surface area contributed by atoms with Gasteiger partial charge >= 0.3 is 5.69 Å². The molecule has 1 aliphatic heterocycles. The minimum atomic E-state index is -0.317. The lowest BCUT2D eigenvalue weighted by Crippen LogP contribution is -2.26. The summed E-state index contributed by atoms with van der Waals surface area (Å²) in [5.41, 5.74) is 0.691. The topological polar surface area (TPSA) is 73.0 Å². The van der Waals surface area contributed by atoms with Gasteiger partial charge in [0.1, 0.15) is 5.69 Å². The van der Waals surface area contributed by atoms with Crippen molar-refractivity contribution in [1.82, 2.24) is 9.78 Å². The van der Waals surface area contributed by atoms with Gasteiger partial charge in [0, 0.05) is 19.0 Å². The number of aromatic nitrogens is 2. The zero-order valence-electron chi connectivity index (χ0n) is 11.5. The Balaban J connectivity index is 2.30. The lowest BCUT2D eigenvalue weighted by Gasteiger charge is -2.23. The molecule has 1 aromatic heterocycles. The van der Waals surface area contributed by atoms with Gasteiger partial charge in [-0.1, -0.05) is 13.8 Å². The molecule has 2 heterocycles. The van der Waals surface area contributed by atoms with Gasteiger partial charge in [0.25, 0.3) is 0 Å². The SMILES string of the molecule is CC(C)c1nn(C)c(NC2CCSCC2)c1[N+](=O)[O-]. The predicted molar refractivity (Wildman–Crippen MR) is 77.9 cm³/mol.